The first-order valence-corrected chi connectivity index (χ1v) is 9.98. The fraction of sp³-hybridized carbons (Fsp3) is 0.273. The van der Waals surface area contributed by atoms with E-state index in [1.165, 1.54) is 24.3 Å². The highest BCUT2D eigenvalue weighted by Crippen LogP contribution is 2.18. The maximum absolute atomic E-state index is 13.0. The zero-order valence-electron chi connectivity index (χ0n) is 17.4. The monoisotopic (exact) mass is 422 g/mol. The van der Waals surface area contributed by atoms with Gasteiger partial charge in [-0.3, -0.25) is 14.3 Å². The van der Waals surface area contributed by atoms with Gasteiger partial charge in [0, 0.05) is 38.8 Å². The van der Waals surface area contributed by atoms with Crippen molar-refractivity contribution >= 4 is 23.3 Å². The van der Waals surface area contributed by atoms with Crippen LogP contribution < -0.4 is 10.2 Å². The fourth-order valence-electron chi connectivity index (χ4n) is 3.56. The van der Waals surface area contributed by atoms with Gasteiger partial charge in [0.1, 0.15) is 17.3 Å². The quantitative estimate of drug-likeness (QED) is 0.699. The molecule has 1 N–H and O–H groups in total. The number of nitrogens with zero attached hydrogens (tertiary/aromatic N) is 5. The lowest BCUT2D eigenvalue weighted by molar-refractivity contribution is 0.0735. The Balaban J connectivity index is 1.34. The molecule has 4 rings (SSSR count). The molecule has 0 atom stereocenters. The lowest BCUT2D eigenvalue weighted by Gasteiger charge is -2.35. The van der Waals surface area contributed by atoms with E-state index in [1.807, 2.05) is 17.9 Å². The van der Waals surface area contributed by atoms with Gasteiger partial charge in [0.05, 0.1) is 17.6 Å². The summed E-state index contributed by atoms with van der Waals surface area (Å²) in [6.45, 7) is 4.38. The van der Waals surface area contributed by atoms with Crippen LogP contribution in [0.25, 0.3) is 0 Å². The average molecular weight is 422 g/mol. The number of rotatable bonds is 4. The van der Waals surface area contributed by atoms with Crippen molar-refractivity contribution in [1.29, 1.82) is 0 Å². The Bertz CT molecular complexity index is 1090. The molecule has 1 saturated heterocycles. The van der Waals surface area contributed by atoms with Crippen LogP contribution in [0.5, 0.6) is 0 Å². The number of carbonyl (C=O) groups is 2. The summed E-state index contributed by atoms with van der Waals surface area (Å²) in [6, 6.07) is 10.8. The zero-order valence-corrected chi connectivity index (χ0v) is 17.4. The zero-order chi connectivity index (χ0) is 22.0. The van der Waals surface area contributed by atoms with Gasteiger partial charge in [0.25, 0.3) is 11.8 Å². The minimum absolute atomic E-state index is 0.0189. The molecule has 0 bridgehead atoms. The summed E-state index contributed by atoms with van der Waals surface area (Å²) < 4.78 is 14.6. The number of piperazine rings is 1. The Morgan fingerprint density at radius 2 is 1.74 bits per heavy atom. The molecule has 2 aromatic heterocycles. The maximum atomic E-state index is 13.0. The van der Waals surface area contributed by atoms with Crippen LogP contribution in [0.3, 0.4) is 0 Å². The van der Waals surface area contributed by atoms with Crippen LogP contribution in [-0.4, -0.2) is 57.7 Å². The smallest absolute Gasteiger partial charge is 0.272 e. The lowest BCUT2D eigenvalue weighted by Crippen LogP contribution is -2.49. The summed E-state index contributed by atoms with van der Waals surface area (Å²) in [5.74, 6) is 0.0460. The van der Waals surface area contributed by atoms with E-state index in [1.54, 1.807) is 30.1 Å². The van der Waals surface area contributed by atoms with Gasteiger partial charge < -0.3 is 15.1 Å². The van der Waals surface area contributed by atoms with Gasteiger partial charge in [0.2, 0.25) is 0 Å². The predicted octanol–water partition coefficient (Wildman–Crippen LogP) is 2.48. The molecule has 3 aromatic rings. The number of aryl methyl sites for hydroxylation is 2. The summed E-state index contributed by atoms with van der Waals surface area (Å²) in [4.78, 5) is 33.3. The molecule has 0 aliphatic carbocycles. The van der Waals surface area contributed by atoms with Gasteiger partial charge in [0.15, 0.2) is 0 Å². The molecule has 8 nitrogen and oxygen atoms in total. The van der Waals surface area contributed by atoms with E-state index in [0.717, 1.165) is 11.5 Å². The third-order valence-corrected chi connectivity index (χ3v) is 5.22. The van der Waals surface area contributed by atoms with E-state index >= 15 is 0 Å². The summed E-state index contributed by atoms with van der Waals surface area (Å²) in [6.07, 6.45) is 1.59. The number of halogens is 1. The molecule has 9 heteroatoms. The van der Waals surface area contributed by atoms with Gasteiger partial charge in [-0.2, -0.15) is 5.10 Å². The molecule has 0 unspecified atom stereocenters. The number of anilines is 2. The van der Waals surface area contributed by atoms with Crippen LogP contribution in [0.15, 0.2) is 48.7 Å². The Morgan fingerprint density at radius 1 is 1.03 bits per heavy atom. The number of aromatic nitrogens is 3. The number of amides is 2. The minimum atomic E-state index is -0.389. The van der Waals surface area contributed by atoms with Crippen LogP contribution in [-0.2, 0) is 7.05 Å². The van der Waals surface area contributed by atoms with Gasteiger partial charge in [-0.25, -0.2) is 9.37 Å². The number of carbonyl (C=O) groups excluding carboxylic acids is 2. The second-order valence-electron chi connectivity index (χ2n) is 7.44. The normalized spacial score (nSPS) is 13.9. The van der Waals surface area contributed by atoms with Crippen molar-refractivity contribution < 1.29 is 14.0 Å². The van der Waals surface area contributed by atoms with Crippen LogP contribution in [0.1, 0.15) is 26.5 Å². The van der Waals surface area contributed by atoms with E-state index in [-0.39, 0.29) is 17.6 Å². The van der Waals surface area contributed by atoms with E-state index in [9.17, 15) is 14.0 Å². The Labute approximate surface area is 179 Å². The number of benzene rings is 1. The average Bonchev–Trinajstić information content (AvgIpc) is 3.12. The largest absolute Gasteiger partial charge is 0.353 e. The van der Waals surface area contributed by atoms with Crippen LogP contribution in [0, 0.1) is 12.7 Å². The number of nitrogens with one attached hydrogen (secondary N) is 1. The first-order valence-electron chi connectivity index (χ1n) is 9.98. The number of pyridine rings is 1. The van der Waals surface area contributed by atoms with Crippen molar-refractivity contribution in [3.05, 3.63) is 71.4 Å². The van der Waals surface area contributed by atoms with Crippen LogP contribution in [0.4, 0.5) is 15.9 Å². The van der Waals surface area contributed by atoms with Gasteiger partial charge in [-0.15, -0.1) is 0 Å². The van der Waals surface area contributed by atoms with Gasteiger partial charge in [-0.1, -0.05) is 0 Å². The second-order valence-corrected chi connectivity index (χ2v) is 7.44. The van der Waals surface area contributed by atoms with Crippen molar-refractivity contribution in [2.45, 2.75) is 6.92 Å². The Morgan fingerprint density at radius 3 is 2.32 bits per heavy atom. The van der Waals surface area contributed by atoms with E-state index in [4.69, 9.17) is 0 Å². The Hall–Kier alpha value is -3.75. The van der Waals surface area contributed by atoms with Crippen LogP contribution >= 0.6 is 0 Å². The second kappa shape index (κ2) is 8.55. The van der Waals surface area contributed by atoms with Crippen molar-refractivity contribution in [2.24, 2.45) is 7.05 Å². The SMILES string of the molecule is Cc1cc(C(=O)N2CCN(c3ccc(NC(=O)c4ccc(F)cc4)cn3)CC2)n(C)n1. The maximum Gasteiger partial charge on any atom is 0.272 e. The Kier molecular flexibility index (Phi) is 5.66. The molecular weight excluding hydrogens is 399 g/mol. The highest BCUT2D eigenvalue weighted by Gasteiger charge is 2.25. The summed E-state index contributed by atoms with van der Waals surface area (Å²) in [5, 5.41) is 7.00. The first kappa shape index (κ1) is 20.5. The van der Waals surface area contributed by atoms with Crippen molar-refractivity contribution in [3.8, 4) is 0 Å². The lowest BCUT2D eigenvalue weighted by atomic mass is 10.2. The standard InChI is InChI=1S/C22H23FN6O2/c1-15-13-19(27(2)26-15)22(31)29-11-9-28(10-12-29)20-8-7-18(14-24-20)25-21(30)16-3-5-17(23)6-4-16/h3-8,13-14H,9-12H2,1-2H3,(H,25,30). The molecule has 1 aliphatic rings. The topological polar surface area (TPSA) is 83.4 Å². The highest BCUT2D eigenvalue weighted by atomic mass is 19.1. The summed E-state index contributed by atoms with van der Waals surface area (Å²) in [7, 11) is 1.77. The predicted molar refractivity (Wildman–Crippen MR) is 115 cm³/mol. The van der Waals surface area contributed by atoms with E-state index < -0.39 is 0 Å². The van der Waals surface area contributed by atoms with E-state index in [0.29, 0.717) is 43.1 Å². The molecule has 2 amide bonds. The number of hydrogen-bond donors (Lipinski definition) is 1. The molecule has 3 heterocycles. The fourth-order valence-corrected chi connectivity index (χ4v) is 3.56. The van der Waals surface area contributed by atoms with Crippen molar-refractivity contribution in [1.82, 2.24) is 19.7 Å². The summed E-state index contributed by atoms with van der Waals surface area (Å²) in [5.41, 5.74) is 2.33. The third-order valence-electron chi connectivity index (χ3n) is 5.22. The first-order chi connectivity index (χ1) is 14.9. The molecule has 160 valence electrons. The van der Waals surface area contributed by atoms with Gasteiger partial charge in [-0.05, 0) is 49.4 Å². The van der Waals surface area contributed by atoms with Gasteiger partial charge >= 0.3 is 0 Å². The highest BCUT2D eigenvalue weighted by molar-refractivity contribution is 6.04. The molecule has 31 heavy (non-hydrogen) atoms. The summed E-state index contributed by atoms with van der Waals surface area (Å²) >= 11 is 0. The van der Waals surface area contributed by atoms with Crippen molar-refractivity contribution in [2.75, 3.05) is 36.4 Å². The molecule has 1 fully saturated rings. The molecule has 0 spiro atoms. The molecular formula is C22H23FN6O2. The molecule has 1 aliphatic heterocycles. The van der Waals surface area contributed by atoms with Crippen LogP contribution in [0.2, 0.25) is 0 Å². The van der Waals surface area contributed by atoms with Crippen molar-refractivity contribution in [3.63, 3.8) is 0 Å². The molecule has 1 aromatic carbocycles. The molecule has 0 radical (unpaired) electrons. The third kappa shape index (κ3) is 4.55. The number of hydrogen-bond acceptors (Lipinski definition) is 5. The molecule has 0 saturated carbocycles. The minimum Gasteiger partial charge on any atom is -0.353 e. The van der Waals surface area contributed by atoms with E-state index in [2.05, 4.69) is 20.3 Å².